The Bertz CT molecular complexity index is 594. The molecule has 1 N–H and O–H groups in total. The molecule has 2 saturated carbocycles. The monoisotopic (exact) mass is 341 g/mol. The zero-order valence-electron chi connectivity index (χ0n) is 14.7. The van der Waals surface area contributed by atoms with Crippen LogP contribution in [0.15, 0.2) is 18.3 Å². The minimum absolute atomic E-state index is 0.145. The van der Waals surface area contributed by atoms with E-state index in [4.69, 9.17) is 10.00 Å². The van der Waals surface area contributed by atoms with Crippen molar-refractivity contribution in [2.45, 2.75) is 76.4 Å². The molecule has 3 rings (SSSR count). The van der Waals surface area contributed by atoms with Crippen LogP contribution in [0.1, 0.15) is 69.8 Å². The van der Waals surface area contributed by atoms with Crippen LogP contribution in [-0.4, -0.2) is 23.0 Å². The molecule has 25 heavy (non-hydrogen) atoms. The number of nitriles is 1. The van der Waals surface area contributed by atoms with Crippen LogP contribution in [0.4, 0.5) is 0 Å². The number of amides is 1. The van der Waals surface area contributed by atoms with Crippen LogP contribution >= 0.6 is 0 Å². The molecule has 0 bridgehead atoms. The number of pyridine rings is 1. The van der Waals surface area contributed by atoms with Gasteiger partial charge in [0, 0.05) is 24.7 Å². The molecule has 1 amide bonds. The number of carbonyl (C=O) groups excluding carboxylic acids is 1. The molecule has 0 radical (unpaired) electrons. The van der Waals surface area contributed by atoms with Crippen molar-refractivity contribution in [1.29, 1.82) is 5.26 Å². The highest BCUT2D eigenvalue weighted by Gasteiger charge is 2.24. The van der Waals surface area contributed by atoms with E-state index in [0.717, 1.165) is 38.0 Å². The maximum absolute atomic E-state index is 12.1. The van der Waals surface area contributed by atoms with Gasteiger partial charge >= 0.3 is 0 Å². The molecule has 0 spiro atoms. The third-order valence-electron chi connectivity index (χ3n) is 5.45. The maximum atomic E-state index is 12.1. The largest absolute Gasteiger partial charge is 0.474 e. The number of nitrogens with one attached hydrogen (secondary N) is 1. The normalized spacial score (nSPS) is 23.8. The van der Waals surface area contributed by atoms with Gasteiger partial charge in [0.25, 0.3) is 0 Å². The first-order valence-corrected chi connectivity index (χ1v) is 9.55. The van der Waals surface area contributed by atoms with E-state index in [1.54, 1.807) is 12.1 Å². The van der Waals surface area contributed by atoms with E-state index < -0.39 is 0 Å². The molecule has 0 unspecified atom stereocenters. The van der Waals surface area contributed by atoms with Gasteiger partial charge in [0.15, 0.2) is 0 Å². The summed E-state index contributed by atoms with van der Waals surface area (Å²) in [6.07, 6.45) is 12.5. The van der Waals surface area contributed by atoms with Crippen LogP contribution in [0.2, 0.25) is 0 Å². The topological polar surface area (TPSA) is 75.0 Å². The van der Waals surface area contributed by atoms with E-state index in [0.29, 0.717) is 17.9 Å². The molecule has 5 heteroatoms. The van der Waals surface area contributed by atoms with Crippen molar-refractivity contribution in [3.8, 4) is 11.9 Å². The van der Waals surface area contributed by atoms with Crippen LogP contribution in [0, 0.1) is 17.2 Å². The number of carbonyl (C=O) groups is 1. The number of ether oxygens (including phenoxy) is 1. The average Bonchev–Trinajstić information content (AvgIpc) is 3.16. The van der Waals surface area contributed by atoms with Gasteiger partial charge in [-0.1, -0.05) is 25.7 Å². The van der Waals surface area contributed by atoms with E-state index in [1.807, 2.05) is 0 Å². The second kappa shape index (κ2) is 8.84. The SMILES string of the molecule is N#Cc1ccc(OC2CCC(NC(=O)CCC3CCCC3)CC2)nc1. The van der Waals surface area contributed by atoms with Gasteiger partial charge in [-0.25, -0.2) is 4.98 Å². The number of aromatic nitrogens is 1. The van der Waals surface area contributed by atoms with E-state index in [-0.39, 0.29) is 18.1 Å². The highest BCUT2D eigenvalue weighted by atomic mass is 16.5. The Kier molecular flexibility index (Phi) is 6.27. The molecule has 0 aromatic carbocycles. The maximum Gasteiger partial charge on any atom is 0.220 e. The fraction of sp³-hybridized carbons (Fsp3) is 0.650. The molecule has 0 saturated heterocycles. The lowest BCUT2D eigenvalue weighted by Crippen LogP contribution is -2.39. The summed E-state index contributed by atoms with van der Waals surface area (Å²) in [6, 6.07) is 5.80. The fourth-order valence-electron chi connectivity index (χ4n) is 3.95. The summed E-state index contributed by atoms with van der Waals surface area (Å²) in [6.45, 7) is 0. The lowest BCUT2D eigenvalue weighted by atomic mass is 9.92. The Morgan fingerprint density at radius 3 is 2.60 bits per heavy atom. The number of nitrogens with zero attached hydrogens (tertiary/aromatic N) is 2. The first-order valence-electron chi connectivity index (χ1n) is 9.55. The minimum atomic E-state index is 0.145. The minimum Gasteiger partial charge on any atom is -0.474 e. The van der Waals surface area contributed by atoms with Gasteiger partial charge in [-0.05, 0) is 44.1 Å². The molecular weight excluding hydrogens is 314 g/mol. The van der Waals surface area contributed by atoms with E-state index in [1.165, 1.54) is 31.9 Å². The summed E-state index contributed by atoms with van der Waals surface area (Å²) in [4.78, 5) is 16.3. The summed E-state index contributed by atoms with van der Waals surface area (Å²) in [5, 5.41) is 12.0. The van der Waals surface area contributed by atoms with E-state index in [9.17, 15) is 4.79 Å². The van der Waals surface area contributed by atoms with Gasteiger partial charge in [0.1, 0.15) is 12.2 Å². The van der Waals surface area contributed by atoms with Gasteiger partial charge in [0.05, 0.1) is 5.56 Å². The molecule has 0 aliphatic heterocycles. The fourth-order valence-corrected chi connectivity index (χ4v) is 3.95. The highest BCUT2D eigenvalue weighted by Crippen LogP contribution is 2.28. The third kappa shape index (κ3) is 5.45. The lowest BCUT2D eigenvalue weighted by Gasteiger charge is -2.29. The third-order valence-corrected chi connectivity index (χ3v) is 5.45. The van der Waals surface area contributed by atoms with Crippen molar-refractivity contribution in [3.63, 3.8) is 0 Å². The summed E-state index contributed by atoms with van der Waals surface area (Å²) < 4.78 is 5.89. The Hall–Kier alpha value is -2.09. The van der Waals surface area contributed by atoms with Gasteiger partial charge in [-0.15, -0.1) is 0 Å². The summed E-state index contributed by atoms with van der Waals surface area (Å²) in [7, 11) is 0. The molecule has 2 aliphatic rings. The van der Waals surface area contributed by atoms with Gasteiger partial charge < -0.3 is 10.1 Å². The van der Waals surface area contributed by atoms with Crippen molar-refractivity contribution in [2.75, 3.05) is 0 Å². The second-order valence-corrected chi connectivity index (χ2v) is 7.35. The molecule has 1 heterocycles. The molecule has 1 aromatic heterocycles. The predicted octanol–water partition coefficient (Wildman–Crippen LogP) is 3.73. The molecule has 134 valence electrons. The lowest BCUT2D eigenvalue weighted by molar-refractivity contribution is -0.122. The van der Waals surface area contributed by atoms with Gasteiger partial charge in [-0.2, -0.15) is 5.26 Å². The molecular formula is C20H27N3O2. The Morgan fingerprint density at radius 1 is 1.20 bits per heavy atom. The van der Waals surface area contributed by atoms with E-state index in [2.05, 4.69) is 16.4 Å². The van der Waals surface area contributed by atoms with Gasteiger partial charge in [0.2, 0.25) is 11.8 Å². The van der Waals surface area contributed by atoms with Crippen molar-refractivity contribution >= 4 is 5.91 Å². The second-order valence-electron chi connectivity index (χ2n) is 7.35. The number of hydrogen-bond acceptors (Lipinski definition) is 4. The Morgan fingerprint density at radius 2 is 1.96 bits per heavy atom. The molecule has 1 aromatic rings. The van der Waals surface area contributed by atoms with Crippen molar-refractivity contribution in [2.24, 2.45) is 5.92 Å². The Labute approximate surface area is 149 Å². The molecule has 5 nitrogen and oxygen atoms in total. The van der Waals surface area contributed by atoms with Gasteiger partial charge in [-0.3, -0.25) is 4.79 Å². The standard InChI is InChI=1S/C20H27N3O2/c21-13-16-6-12-20(22-14-16)25-18-9-7-17(8-10-18)23-19(24)11-5-15-3-1-2-4-15/h6,12,14-15,17-18H,1-5,7-11H2,(H,23,24). The number of rotatable bonds is 6. The smallest absolute Gasteiger partial charge is 0.220 e. The van der Waals surface area contributed by atoms with Crippen molar-refractivity contribution < 1.29 is 9.53 Å². The first-order chi connectivity index (χ1) is 12.2. The zero-order chi connectivity index (χ0) is 17.5. The predicted molar refractivity (Wildman–Crippen MR) is 95.0 cm³/mol. The van der Waals surface area contributed by atoms with Crippen LogP contribution in [0.3, 0.4) is 0 Å². The van der Waals surface area contributed by atoms with Crippen molar-refractivity contribution in [1.82, 2.24) is 10.3 Å². The van der Waals surface area contributed by atoms with Crippen molar-refractivity contribution in [3.05, 3.63) is 23.9 Å². The highest BCUT2D eigenvalue weighted by molar-refractivity contribution is 5.76. The molecule has 0 atom stereocenters. The molecule has 2 aliphatic carbocycles. The first kappa shape index (κ1) is 17.7. The molecule has 2 fully saturated rings. The van der Waals surface area contributed by atoms with Crippen LogP contribution in [0.5, 0.6) is 5.88 Å². The summed E-state index contributed by atoms with van der Waals surface area (Å²) in [5.74, 6) is 1.56. The summed E-state index contributed by atoms with van der Waals surface area (Å²) >= 11 is 0. The Balaban J connectivity index is 1.35. The zero-order valence-corrected chi connectivity index (χ0v) is 14.7. The van der Waals surface area contributed by atoms with Crippen LogP contribution in [0.25, 0.3) is 0 Å². The van der Waals surface area contributed by atoms with Crippen LogP contribution < -0.4 is 10.1 Å². The van der Waals surface area contributed by atoms with Crippen LogP contribution in [-0.2, 0) is 4.79 Å². The summed E-state index contributed by atoms with van der Waals surface area (Å²) in [5.41, 5.74) is 0.538. The quantitative estimate of drug-likeness (QED) is 0.855. The average molecular weight is 341 g/mol. The number of hydrogen-bond donors (Lipinski definition) is 1. The van der Waals surface area contributed by atoms with E-state index >= 15 is 0 Å².